The largest absolute Gasteiger partial charge is 0.465 e. The molecular weight excluding hydrogens is 641 g/mol. The number of unbranched alkanes of at least 4 members (excludes halogenated alkanes) is 15. The molecule has 52 heavy (non-hydrogen) atoms. The SMILES string of the molecule is CCCCCCCCCCCCCCCCCCOC(=O)[C@@]1(C)CC[C@@]2(C)CC[C@]3(C)C(=CC(=O)[C@@H]4[C@]5(C)CC[C@@H](O)C(C)(C)[C@H]5CC[C@@]43C)[C@H]2C1. The molecule has 0 aliphatic heterocycles. The number of esters is 1. The van der Waals surface area contributed by atoms with Crippen molar-refractivity contribution >= 4 is 11.8 Å². The third kappa shape index (κ3) is 8.05. The summed E-state index contributed by atoms with van der Waals surface area (Å²) in [4.78, 5) is 28.4. The number of carbonyl (C=O) groups excluding carboxylic acids is 2. The number of fused-ring (bicyclic) bond motifs is 7. The molecular formula is C48H82O4. The zero-order valence-electron chi connectivity index (χ0n) is 35.4. The highest BCUT2D eigenvalue weighted by atomic mass is 16.5. The number of ketones is 1. The van der Waals surface area contributed by atoms with Crippen LogP contribution in [0.15, 0.2) is 11.6 Å². The molecule has 4 heteroatoms. The van der Waals surface area contributed by atoms with E-state index in [4.69, 9.17) is 4.74 Å². The van der Waals surface area contributed by atoms with Crippen LogP contribution in [0.1, 0.15) is 216 Å². The predicted molar refractivity (Wildman–Crippen MR) is 216 cm³/mol. The van der Waals surface area contributed by atoms with E-state index >= 15 is 0 Å². The molecule has 5 aliphatic rings. The standard InChI is InChI=1S/C48H82O4/c1-9-10-11-12-13-14-15-16-17-18-19-20-21-22-23-24-33-52-42(51)45(5)30-29-44(4)31-32-47(7)36(37(44)35-45)34-38(49)41-46(6)27-26-40(50)43(2,3)39(46)25-28-48(41,47)8/h34,37,39-41,50H,9-33,35H2,1-8H3/t37-,39-,40-,41-,44+,45+,46-,47-,48+/m1/s1. The van der Waals surface area contributed by atoms with Crippen LogP contribution in [0.3, 0.4) is 0 Å². The molecule has 0 saturated heterocycles. The van der Waals surface area contributed by atoms with Gasteiger partial charge in [-0.1, -0.05) is 150 Å². The lowest BCUT2D eigenvalue weighted by atomic mass is 9.33. The van der Waals surface area contributed by atoms with Crippen LogP contribution >= 0.6 is 0 Å². The zero-order chi connectivity index (χ0) is 37.8. The fourth-order valence-electron chi connectivity index (χ4n) is 13.3. The quantitative estimate of drug-likeness (QED) is 0.113. The molecule has 298 valence electrons. The number of aliphatic hydroxyl groups is 1. The Hall–Kier alpha value is -1.16. The van der Waals surface area contributed by atoms with Crippen molar-refractivity contribution < 1.29 is 19.4 Å². The summed E-state index contributed by atoms with van der Waals surface area (Å²) < 4.78 is 6.06. The lowest BCUT2D eigenvalue weighted by Gasteiger charge is -2.70. The molecule has 0 aromatic carbocycles. The van der Waals surface area contributed by atoms with E-state index in [2.05, 4.69) is 61.5 Å². The van der Waals surface area contributed by atoms with Gasteiger partial charge in [-0.25, -0.2) is 0 Å². The summed E-state index contributed by atoms with van der Waals surface area (Å²) in [5.74, 6) is 0.899. The molecule has 4 nitrogen and oxygen atoms in total. The fraction of sp³-hybridized carbons (Fsp3) is 0.917. The van der Waals surface area contributed by atoms with Crippen molar-refractivity contribution in [3.63, 3.8) is 0 Å². The number of hydrogen-bond donors (Lipinski definition) is 1. The van der Waals surface area contributed by atoms with E-state index in [9.17, 15) is 14.7 Å². The van der Waals surface area contributed by atoms with Gasteiger partial charge in [-0.05, 0) is 116 Å². The van der Waals surface area contributed by atoms with Crippen LogP contribution in [0, 0.1) is 50.2 Å². The highest BCUT2D eigenvalue weighted by molar-refractivity contribution is 5.95. The number of aliphatic hydroxyl groups excluding tert-OH is 1. The minimum Gasteiger partial charge on any atom is -0.465 e. The first-order valence-corrected chi connectivity index (χ1v) is 22.7. The maximum Gasteiger partial charge on any atom is 0.311 e. The van der Waals surface area contributed by atoms with E-state index in [0.717, 1.165) is 70.6 Å². The van der Waals surface area contributed by atoms with Gasteiger partial charge in [-0.15, -0.1) is 0 Å². The average Bonchev–Trinajstić information content (AvgIpc) is 3.09. The Morgan fingerprint density at radius 1 is 0.712 bits per heavy atom. The lowest BCUT2D eigenvalue weighted by Crippen LogP contribution is -2.66. The summed E-state index contributed by atoms with van der Waals surface area (Å²) in [6.07, 6.45) is 32.1. The van der Waals surface area contributed by atoms with Gasteiger partial charge in [0, 0.05) is 5.92 Å². The van der Waals surface area contributed by atoms with Gasteiger partial charge in [0.15, 0.2) is 5.78 Å². The van der Waals surface area contributed by atoms with Crippen LogP contribution in [0.25, 0.3) is 0 Å². The van der Waals surface area contributed by atoms with Crippen molar-refractivity contribution in [2.24, 2.45) is 50.2 Å². The Bertz CT molecular complexity index is 1250. The van der Waals surface area contributed by atoms with Crippen LogP contribution in [0.2, 0.25) is 0 Å². The first-order valence-electron chi connectivity index (χ1n) is 22.7. The van der Waals surface area contributed by atoms with Gasteiger partial charge in [0.1, 0.15) is 0 Å². The van der Waals surface area contributed by atoms with Crippen molar-refractivity contribution in [2.75, 3.05) is 6.61 Å². The number of rotatable bonds is 18. The van der Waals surface area contributed by atoms with Gasteiger partial charge in [-0.2, -0.15) is 0 Å². The number of allylic oxidation sites excluding steroid dienone is 2. The average molecular weight is 723 g/mol. The Morgan fingerprint density at radius 3 is 1.83 bits per heavy atom. The van der Waals surface area contributed by atoms with E-state index in [1.54, 1.807) is 0 Å². The summed E-state index contributed by atoms with van der Waals surface area (Å²) in [7, 11) is 0. The third-order valence-corrected chi connectivity index (χ3v) is 17.3. The van der Waals surface area contributed by atoms with Crippen LogP contribution in [-0.2, 0) is 14.3 Å². The monoisotopic (exact) mass is 723 g/mol. The highest BCUT2D eigenvalue weighted by Gasteiger charge is 2.70. The molecule has 0 aromatic rings. The molecule has 9 atom stereocenters. The minimum absolute atomic E-state index is 0.00868. The minimum atomic E-state index is -0.494. The molecule has 0 spiro atoms. The maximum absolute atomic E-state index is 14.6. The Balaban J connectivity index is 1.10. The molecule has 4 saturated carbocycles. The van der Waals surface area contributed by atoms with Gasteiger partial charge in [-0.3, -0.25) is 9.59 Å². The third-order valence-electron chi connectivity index (χ3n) is 17.3. The summed E-state index contributed by atoms with van der Waals surface area (Å²) in [6.45, 7) is 19.3. The van der Waals surface area contributed by atoms with Crippen molar-refractivity contribution in [1.82, 2.24) is 0 Å². The van der Waals surface area contributed by atoms with Crippen molar-refractivity contribution in [3.8, 4) is 0 Å². The lowest BCUT2D eigenvalue weighted by molar-refractivity contribution is -0.202. The zero-order valence-corrected chi connectivity index (χ0v) is 35.4. The predicted octanol–water partition coefficient (Wildman–Crippen LogP) is 13.1. The van der Waals surface area contributed by atoms with E-state index in [-0.39, 0.29) is 51.0 Å². The molecule has 0 bridgehead atoms. The molecule has 4 fully saturated rings. The summed E-state index contributed by atoms with van der Waals surface area (Å²) in [5, 5.41) is 11.0. The second-order valence-electron chi connectivity index (χ2n) is 21.1. The summed E-state index contributed by atoms with van der Waals surface area (Å²) >= 11 is 0. The number of carbonyl (C=O) groups is 2. The normalized spacial score (nSPS) is 39.5. The molecule has 1 N–H and O–H groups in total. The van der Waals surface area contributed by atoms with E-state index in [1.807, 2.05) is 0 Å². The van der Waals surface area contributed by atoms with E-state index in [0.29, 0.717) is 18.3 Å². The highest BCUT2D eigenvalue weighted by Crippen LogP contribution is 2.75. The van der Waals surface area contributed by atoms with Crippen molar-refractivity contribution in [3.05, 3.63) is 11.6 Å². The first-order chi connectivity index (χ1) is 24.6. The second kappa shape index (κ2) is 16.9. The second-order valence-corrected chi connectivity index (χ2v) is 21.1. The molecule has 0 aromatic heterocycles. The topological polar surface area (TPSA) is 63.6 Å². The Morgan fingerprint density at radius 2 is 1.25 bits per heavy atom. The Kier molecular flexibility index (Phi) is 13.7. The first kappa shape index (κ1) is 42.0. The van der Waals surface area contributed by atoms with Gasteiger partial charge in [0.05, 0.1) is 18.1 Å². The maximum atomic E-state index is 14.6. The van der Waals surface area contributed by atoms with Crippen LogP contribution in [0.5, 0.6) is 0 Å². The number of ether oxygens (including phenoxy) is 1. The van der Waals surface area contributed by atoms with Crippen LogP contribution < -0.4 is 0 Å². The van der Waals surface area contributed by atoms with E-state index < -0.39 is 5.41 Å². The van der Waals surface area contributed by atoms with Crippen LogP contribution in [-0.4, -0.2) is 29.6 Å². The molecule has 0 amide bonds. The van der Waals surface area contributed by atoms with E-state index in [1.165, 1.54) is 95.5 Å². The molecule has 0 heterocycles. The molecule has 0 radical (unpaired) electrons. The summed E-state index contributed by atoms with van der Waals surface area (Å²) in [6, 6.07) is 0. The van der Waals surface area contributed by atoms with Crippen molar-refractivity contribution in [2.45, 2.75) is 222 Å². The van der Waals surface area contributed by atoms with Gasteiger partial charge < -0.3 is 9.84 Å². The smallest absolute Gasteiger partial charge is 0.311 e. The Labute approximate surface area is 320 Å². The van der Waals surface area contributed by atoms with Gasteiger partial charge >= 0.3 is 5.97 Å². The molecule has 0 unspecified atom stereocenters. The molecule has 5 rings (SSSR count). The van der Waals surface area contributed by atoms with Gasteiger partial charge in [0.2, 0.25) is 0 Å². The number of hydrogen-bond acceptors (Lipinski definition) is 4. The molecule has 5 aliphatic carbocycles. The van der Waals surface area contributed by atoms with Crippen LogP contribution in [0.4, 0.5) is 0 Å². The summed E-state index contributed by atoms with van der Waals surface area (Å²) in [5.41, 5.74) is 0.546. The fourth-order valence-corrected chi connectivity index (χ4v) is 13.3. The van der Waals surface area contributed by atoms with Gasteiger partial charge in [0.25, 0.3) is 0 Å². The van der Waals surface area contributed by atoms with Crippen molar-refractivity contribution in [1.29, 1.82) is 0 Å².